The Morgan fingerprint density at radius 1 is 0.800 bits per heavy atom. The summed E-state index contributed by atoms with van der Waals surface area (Å²) < 4.78 is 18.8. The van der Waals surface area contributed by atoms with Crippen molar-refractivity contribution in [2.24, 2.45) is 0 Å². The lowest BCUT2D eigenvalue weighted by Gasteiger charge is -2.26. The van der Waals surface area contributed by atoms with E-state index in [-0.39, 0.29) is 21.8 Å². The van der Waals surface area contributed by atoms with E-state index in [0.29, 0.717) is 17.0 Å². The topological polar surface area (TPSA) is 75.7 Å². The molecule has 0 bridgehead atoms. The lowest BCUT2D eigenvalue weighted by molar-refractivity contribution is -0.120. The number of rotatable bonds is 7. The van der Waals surface area contributed by atoms with Crippen LogP contribution in [-0.4, -0.2) is 17.8 Å². The molecule has 40 heavy (non-hydrogen) atoms. The number of hydrogen-bond acceptors (Lipinski definition) is 5. The third-order valence-corrected chi connectivity index (χ3v) is 7.13. The Morgan fingerprint density at radius 3 is 2.02 bits per heavy atom. The zero-order valence-corrected chi connectivity index (χ0v) is 22.4. The van der Waals surface area contributed by atoms with Crippen LogP contribution in [0.2, 0.25) is 0 Å². The fourth-order valence-electron chi connectivity index (χ4n) is 4.40. The van der Waals surface area contributed by atoms with Crippen LogP contribution >= 0.6 is 11.6 Å². The second kappa shape index (κ2) is 10.8. The van der Waals surface area contributed by atoms with Gasteiger partial charge < -0.3 is 10.1 Å². The molecule has 2 amide bonds. The van der Waals surface area contributed by atoms with Gasteiger partial charge in [0.05, 0.1) is 11.3 Å². The molecule has 0 saturated heterocycles. The van der Waals surface area contributed by atoms with E-state index >= 15 is 0 Å². The molecule has 1 aliphatic rings. The standard InChI is InChI=1S/C32H24ClFN2O4/c1-32(2,21-6-4-3-5-7-21)22-10-18-26(19-11-22)40-31(39)20-8-14-24(15-9-20)35-28-27(33)29(37)36(30(28)38)25-16-12-23(34)13-17-25/h3-19,35H,1-2H3. The van der Waals surface area contributed by atoms with Crippen LogP contribution in [0.4, 0.5) is 15.8 Å². The Bertz CT molecular complexity index is 1610. The van der Waals surface area contributed by atoms with Gasteiger partial charge in [0.15, 0.2) is 0 Å². The van der Waals surface area contributed by atoms with Gasteiger partial charge in [-0.15, -0.1) is 0 Å². The van der Waals surface area contributed by atoms with E-state index in [0.717, 1.165) is 22.6 Å². The Labute approximate surface area is 235 Å². The molecule has 1 N–H and O–H groups in total. The molecule has 0 aliphatic carbocycles. The second-order valence-corrected chi connectivity index (χ2v) is 10.1. The molecular formula is C32H24ClFN2O4. The molecule has 0 atom stereocenters. The predicted molar refractivity (Wildman–Crippen MR) is 152 cm³/mol. The first-order valence-corrected chi connectivity index (χ1v) is 12.8. The number of ether oxygens (including phenoxy) is 1. The van der Waals surface area contributed by atoms with Crippen molar-refractivity contribution in [2.75, 3.05) is 10.2 Å². The van der Waals surface area contributed by atoms with E-state index in [4.69, 9.17) is 16.3 Å². The van der Waals surface area contributed by atoms with Crippen molar-refractivity contribution in [3.05, 3.63) is 136 Å². The third kappa shape index (κ3) is 5.24. The average molecular weight is 555 g/mol. The summed E-state index contributed by atoms with van der Waals surface area (Å²) in [7, 11) is 0. The van der Waals surface area contributed by atoms with Crippen molar-refractivity contribution >= 4 is 40.8 Å². The second-order valence-electron chi connectivity index (χ2n) is 9.72. The summed E-state index contributed by atoms with van der Waals surface area (Å²) in [5.74, 6) is -2.04. The smallest absolute Gasteiger partial charge is 0.343 e. The average Bonchev–Trinajstić information content (AvgIpc) is 3.17. The number of halogens is 2. The highest BCUT2D eigenvalue weighted by molar-refractivity contribution is 6.53. The van der Waals surface area contributed by atoms with Gasteiger partial charge in [0.2, 0.25) is 0 Å². The Hall–Kier alpha value is -4.75. The molecule has 4 aromatic carbocycles. The highest BCUT2D eigenvalue weighted by Crippen LogP contribution is 2.33. The van der Waals surface area contributed by atoms with Crippen molar-refractivity contribution in [2.45, 2.75) is 19.3 Å². The normalized spacial score (nSPS) is 13.6. The maximum absolute atomic E-state index is 13.3. The van der Waals surface area contributed by atoms with Crippen LogP contribution in [0.5, 0.6) is 5.75 Å². The van der Waals surface area contributed by atoms with Gasteiger partial charge in [-0.2, -0.15) is 0 Å². The molecule has 6 nitrogen and oxygen atoms in total. The largest absolute Gasteiger partial charge is 0.423 e. The first-order valence-electron chi connectivity index (χ1n) is 12.4. The van der Waals surface area contributed by atoms with Gasteiger partial charge >= 0.3 is 5.97 Å². The minimum atomic E-state index is -0.723. The van der Waals surface area contributed by atoms with Crippen LogP contribution in [0.15, 0.2) is 114 Å². The molecule has 4 aromatic rings. The summed E-state index contributed by atoms with van der Waals surface area (Å²) in [6, 6.07) is 28.7. The van der Waals surface area contributed by atoms with Gasteiger partial charge in [0.1, 0.15) is 22.3 Å². The molecular weight excluding hydrogens is 531 g/mol. The van der Waals surface area contributed by atoms with Crippen LogP contribution in [0, 0.1) is 5.82 Å². The van der Waals surface area contributed by atoms with Crippen LogP contribution in [-0.2, 0) is 15.0 Å². The molecule has 0 spiro atoms. The summed E-state index contributed by atoms with van der Waals surface area (Å²) in [5, 5.41) is 2.55. The van der Waals surface area contributed by atoms with Gasteiger partial charge in [-0.1, -0.05) is 67.9 Å². The number of nitrogens with one attached hydrogen (secondary N) is 1. The predicted octanol–water partition coefficient (Wildman–Crippen LogP) is 6.81. The molecule has 1 heterocycles. The van der Waals surface area contributed by atoms with E-state index < -0.39 is 23.6 Å². The van der Waals surface area contributed by atoms with E-state index in [2.05, 4.69) is 31.3 Å². The van der Waals surface area contributed by atoms with Crippen molar-refractivity contribution in [3.8, 4) is 5.75 Å². The summed E-state index contributed by atoms with van der Waals surface area (Å²) in [5.41, 5.74) is 2.84. The van der Waals surface area contributed by atoms with Crippen molar-refractivity contribution in [3.63, 3.8) is 0 Å². The molecule has 0 fully saturated rings. The summed E-state index contributed by atoms with van der Waals surface area (Å²) in [4.78, 5) is 39.1. The number of imide groups is 1. The van der Waals surface area contributed by atoms with Gasteiger partial charge in [-0.25, -0.2) is 14.1 Å². The Kier molecular flexibility index (Phi) is 7.24. The molecule has 200 valence electrons. The molecule has 1 aliphatic heterocycles. The van der Waals surface area contributed by atoms with E-state index in [1.807, 2.05) is 30.3 Å². The number of nitrogens with zero attached hydrogens (tertiary/aromatic N) is 1. The van der Waals surface area contributed by atoms with E-state index in [1.54, 1.807) is 24.3 Å². The number of anilines is 2. The van der Waals surface area contributed by atoms with E-state index in [9.17, 15) is 18.8 Å². The van der Waals surface area contributed by atoms with Crippen LogP contribution < -0.4 is 15.0 Å². The Balaban J connectivity index is 1.24. The van der Waals surface area contributed by atoms with Crippen molar-refractivity contribution in [1.29, 1.82) is 0 Å². The Morgan fingerprint density at radius 2 is 1.40 bits per heavy atom. The molecule has 0 unspecified atom stereocenters. The quantitative estimate of drug-likeness (QED) is 0.154. The fraction of sp³-hybridized carbons (Fsp3) is 0.0938. The summed E-state index contributed by atoms with van der Waals surface area (Å²) in [6.45, 7) is 4.27. The first-order chi connectivity index (χ1) is 19.1. The molecule has 0 radical (unpaired) electrons. The summed E-state index contributed by atoms with van der Waals surface area (Å²) in [6.07, 6.45) is 0. The van der Waals surface area contributed by atoms with E-state index in [1.165, 1.54) is 29.8 Å². The minimum Gasteiger partial charge on any atom is -0.423 e. The molecule has 0 saturated carbocycles. The zero-order chi connectivity index (χ0) is 28.4. The molecule has 5 rings (SSSR count). The highest BCUT2D eigenvalue weighted by atomic mass is 35.5. The number of carbonyl (C=O) groups excluding carboxylic acids is 3. The maximum Gasteiger partial charge on any atom is 0.343 e. The summed E-state index contributed by atoms with van der Waals surface area (Å²) >= 11 is 6.15. The minimum absolute atomic E-state index is 0.121. The van der Waals surface area contributed by atoms with Crippen LogP contribution in [0.1, 0.15) is 35.3 Å². The monoisotopic (exact) mass is 554 g/mol. The van der Waals surface area contributed by atoms with Crippen LogP contribution in [0.25, 0.3) is 0 Å². The number of amides is 2. The first kappa shape index (κ1) is 26.8. The number of hydrogen-bond donors (Lipinski definition) is 1. The maximum atomic E-state index is 13.3. The zero-order valence-electron chi connectivity index (χ0n) is 21.7. The molecule has 8 heteroatoms. The van der Waals surface area contributed by atoms with Crippen molar-refractivity contribution in [1.82, 2.24) is 0 Å². The van der Waals surface area contributed by atoms with Crippen LogP contribution in [0.3, 0.4) is 0 Å². The third-order valence-electron chi connectivity index (χ3n) is 6.78. The number of carbonyl (C=O) groups is 3. The lowest BCUT2D eigenvalue weighted by Crippen LogP contribution is -2.32. The number of benzene rings is 4. The van der Waals surface area contributed by atoms with Gasteiger partial charge in [-0.05, 0) is 71.8 Å². The van der Waals surface area contributed by atoms with Crippen molar-refractivity contribution < 1.29 is 23.5 Å². The lowest BCUT2D eigenvalue weighted by atomic mass is 9.78. The van der Waals surface area contributed by atoms with Gasteiger partial charge in [0.25, 0.3) is 11.8 Å². The number of esters is 1. The van der Waals surface area contributed by atoms with Gasteiger partial charge in [-0.3, -0.25) is 9.59 Å². The van der Waals surface area contributed by atoms with Gasteiger partial charge in [0, 0.05) is 11.1 Å². The molecule has 0 aromatic heterocycles. The SMILES string of the molecule is CC(C)(c1ccccc1)c1ccc(OC(=O)c2ccc(NC3=C(Cl)C(=O)N(c4ccc(F)cc4)C3=O)cc2)cc1. The fourth-order valence-corrected chi connectivity index (χ4v) is 4.61. The highest BCUT2D eigenvalue weighted by Gasteiger charge is 2.39.